The SMILES string of the molecule is CCCN(C(=O)OC(C)(C)C)c1ncc(-c2cnccc2Cl)s1. The minimum absolute atomic E-state index is 0.391. The molecule has 0 spiro atoms. The fourth-order valence-corrected chi connectivity index (χ4v) is 3.10. The average Bonchev–Trinajstić information content (AvgIpc) is 2.92. The molecule has 0 aromatic carbocycles. The van der Waals surface area contributed by atoms with Gasteiger partial charge < -0.3 is 4.74 Å². The lowest BCUT2D eigenvalue weighted by Crippen LogP contribution is -2.37. The predicted octanol–water partition coefficient (Wildman–Crippen LogP) is 5.01. The molecule has 23 heavy (non-hydrogen) atoms. The third-order valence-corrected chi connectivity index (χ3v) is 4.20. The van der Waals surface area contributed by atoms with Crippen molar-refractivity contribution < 1.29 is 9.53 Å². The number of anilines is 1. The minimum atomic E-state index is -0.546. The molecule has 2 aromatic heterocycles. The first-order chi connectivity index (χ1) is 10.8. The number of rotatable bonds is 4. The number of aromatic nitrogens is 2. The van der Waals surface area contributed by atoms with Crippen LogP contribution in [0.5, 0.6) is 0 Å². The van der Waals surface area contributed by atoms with Crippen molar-refractivity contribution in [1.29, 1.82) is 0 Å². The number of hydrogen-bond acceptors (Lipinski definition) is 5. The summed E-state index contributed by atoms with van der Waals surface area (Å²) in [4.78, 5) is 23.3. The van der Waals surface area contributed by atoms with Gasteiger partial charge in [-0.05, 0) is 33.3 Å². The summed E-state index contributed by atoms with van der Waals surface area (Å²) in [5, 5.41) is 1.20. The normalized spacial score (nSPS) is 11.3. The monoisotopic (exact) mass is 353 g/mol. The Labute approximate surface area is 145 Å². The number of carbonyl (C=O) groups is 1. The quantitative estimate of drug-likeness (QED) is 0.775. The van der Waals surface area contributed by atoms with Gasteiger partial charge >= 0.3 is 6.09 Å². The Morgan fingerprint density at radius 1 is 1.39 bits per heavy atom. The topological polar surface area (TPSA) is 55.3 Å². The van der Waals surface area contributed by atoms with Gasteiger partial charge in [0.2, 0.25) is 0 Å². The highest BCUT2D eigenvalue weighted by Gasteiger charge is 2.25. The number of carbonyl (C=O) groups excluding carboxylic acids is 1. The van der Waals surface area contributed by atoms with E-state index in [0.717, 1.165) is 16.9 Å². The molecule has 1 amide bonds. The van der Waals surface area contributed by atoms with E-state index in [4.69, 9.17) is 16.3 Å². The summed E-state index contributed by atoms with van der Waals surface area (Å²) in [6.45, 7) is 8.08. The number of ether oxygens (including phenoxy) is 1. The maximum absolute atomic E-state index is 12.4. The molecule has 5 nitrogen and oxygen atoms in total. The van der Waals surface area contributed by atoms with E-state index >= 15 is 0 Å². The summed E-state index contributed by atoms with van der Waals surface area (Å²) in [5.74, 6) is 0. The first-order valence-electron chi connectivity index (χ1n) is 7.38. The van der Waals surface area contributed by atoms with E-state index in [0.29, 0.717) is 16.7 Å². The molecule has 0 N–H and O–H groups in total. The van der Waals surface area contributed by atoms with Crippen molar-refractivity contribution in [1.82, 2.24) is 9.97 Å². The Bertz CT molecular complexity index is 682. The van der Waals surface area contributed by atoms with Crippen LogP contribution >= 0.6 is 22.9 Å². The average molecular weight is 354 g/mol. The summed E-state index contributed by atoms with van der Waals surface area (Å²) >= 11 is 7.58. The van der Waals surface area contributed by atoms with Crippen molar-refractivity contribution in [2.24, 2.45) is 0 Å². The molecule has 124 valence electrons. The molecule has 0 aliphatic heterocycles. The molecule has 0 atom stereocenters. The summed E-state index contributed by atoms with van der Waals surface area (Å²) in [6, 6.07) is 1.73. The van der Waals surface area contributed by atoms with Crippen LogP contribution in [0.1, 0.15) is 34.1 Å². The van der Waals surface area contributed by atoms with Crippen LogP contribution < -0.4 is 4.90 Å². The third-order valence-electron chi connectivity index (χ3n) is 2.82. The lowest BCUT2D eigenvalue weighted by atomic mass is 10.2. The second-order valence-corrected chi connectivity index (χ2v) is 7.41. The molecule has 0 aliphatic carbocycles. The van der Waals surface area contributed by atoms with Gasteiger partial charge in [-0.2, -0.15) is 0 Å². The Morgan fingerprint density at radius 3 is 2.74 bits per heavy atom. The Morgan fingerprint density at radius 2 is 2.13 bits per heavy atom. The summed E-state index contributed by atoms with van der Waals surface area (Å²) in [6.07, 6.45) is 5.45. The van der Waals surface area contributed by atoms with Crippen molar-refractivity contribution in [2.45, 2.75) is 39.7 Å². The molecule has 7 heteroatoms. The van der Waals surface area contributed by atoms with Crippen molar-refractivity contribution in [2.75, 3.05) is 11.4 Å². The molecule has 0 bridgehead atoms. The summed E-state index contributed by atoms with van der Waals surface area (Å²) in [7, 11) is 0. The molecule has 0 radical (unpaired) electrons. The number of nitrogens with zero attached hydrogens (tertiary/aromatic N) is 3. The standard InChI is InChI=1S/C16H20ClN3O2S/c1-5-8-20(15(21)22-16(2,3)4)14-19-10-13(23-14)11-9-18-7-6-12(11)17/h6-7,9-10H,5,8H2,1-4H3. The largest absolute Gasteiger partial charge is 0.443 e. The fraction of sp³-hybridized carbons (Fsp3) is 0.438. The smallest absolute Gasteiger partial charge is 0.416 e. The van der Waals surface area contributed by atoms with Gasteiger partial charge in [0.1, 0.15) is 5.60 Å². The highest BCUT2D eigenvalue weighted by Crippen LogP contribution is 2.35. The van der Waals surface area contributed by atoms with Crippen molar-refractivity contribution in [3.05, 3.63) is 29.7 Å². The zero-order valence-corrected chi connectivity index (χ0v) is 15.2. The number of hydrogen-bond donors (Lipinski definition) is 0. The van der Waals surface area contributed by atoms with Crippen molar-refractivity contribution in [3.63, 3.8) is 0 Å². The lowest BCUT2D eigenvalue weighted by Gasteiger charge is -2.25. The van der Waals surface area contributed by atoms with Crippen LogP contribution in [0.4, 0.5) is 9.93 Å². The number of thiazole rings is 1. The van der Waals surface area contributed by atoms with Crippen LogP contribution in [0, 0.1) is 0 Å². The van der Waals surface area contributed by atoms with Gasteiger partial charge in [-0.1, -0.05) is 29.9 Å². The van der Waals surface area contributed by atoms with Gasteiger partial charge in [0.15, 0.2) is 5.13 Å². The van der Waals surface area contributed by atoms with Crippen LogP contribution in [-0.4, -0.2) is 28.2 Å². The third kappa shape index (κ3) is 4.65. The van der Waals surface area contributed by atoms with E-state index in [1.807, 2.05) is 27.7 Å². The van der Waals surface area contributed by atoms with Gasteiger partial charge in [0.25, 0.3) is 0 Å². The van der Waals surface area contributed by atoms with Crippen LogP contribution in [0.25, 0.3) is 10.4 Å². The predicted molar refractivity (Wildman–Crippen MR) is 94.2 cm³/mol. The molecule has 2 heterocycles. The van der Waals surface area contributed by atoms with E-state index in [9.17, 15) is 4.79 Å². The van der Waals surface area contributed by atoms with Crippen LogP contribution in [0.15, 0.2) is 24.7 Å². The molecule has 0 aliphatic rings. The molecule has 0 saturated heterocycles. The summed E-state index contributed by atoms with van der Waals surface area (Å²) < 4.78 is 5.46. The molecule has 0 fully saturated rings. The van der Waals surface area contributed by atoms with Gasteiger partial charge in [0.05, 0.1) is 9.90 Å². The molecular formula is C16H20ClN3O2S. The first-order valence-corrected chi connectivity index (χ1v) is 8.57. The zero-order chi connectivity index (χ0) is 17.0. The maximum Gasteiger partial charge on any atom is 0.416 e. The van der Waals surface area contributed by atoms with Crippen LogP contribution in [0.3, 0.4) is 0 Å². The van der Waals surface area contributed by atoms with E-state index in [1.54, 1.807) is 29.6 Å². The number of halogens is 1. The van der Waals surface area contributed by atoms with E-state index in [1.165, 1.54) is 11.3 Å². The molecular weight excluding hydrogens is 334 g/mol. The Balaban J connectivity index is 2.28. The second kappa shape index (κ2) is 7.27. The highest BCUT2D eigenvalue weighted by atomic mass is 35.5. The van der Waals surface area contributed by atoms with Gasteiger partial charge in [-0.25, -0.2) is 9.78 Å². The van der Waals surface area contributed by atoms with E-state index in [2.05, 4.69) is 9.97 Å². The Hall–Kier alpha value is -1.66. The minimum Gasteiger partial charge on any atom is -0.443 e. The molecule has 0 unspecified atom stereocenters. The van der Waals surface area contributed by atoms with Gasteiger partial charge in [0, 0.05) is 30.7 Å². The van der Waals surface area contributed by atoms with Crippen molar-refractivity contribution >= 4 is 34.2 Å². The highest BCUT2D eigenvalue weighted by molar-refractivity contribution is 7.19. The molecule has 0 saturated carbocycles. The van der Waals surface area contributed by atoms with E-state index < -0.39 is 11.7 Å². The van der Waals surface area contributed by atoms with Crippen LogP contribution in [0.2, 0.25) is 5.02 Å². The van der Waals surface area contributed by atoms with Gasteiger partial charge in [-0.3, -0.25) is 9.88 Å². The zero-order valence-electron chi connectivity index (χ0n) is 13.7. The first kappa shape index (κ1) is 17.7. The molecule has 2 aromatic rings. The lowest BCUT2D eigenvalue weighted by molar-refractivity contribution is 0.0580. The van der Waals surface area contributed by atoms with Gasteiger partial charge in [-0.15, -0.1) is 0 Å². The fourth-order valence-electron chi connectivity index (χ4n) is 1.88. The molecule has 2 rings (SSSR count). The second-order valence-electron chi connectivity index (χ2n) is 5.99. The maximum atomic E-state index is 12.4. The Kier molecular flexibility index (Phi) is 5.59. The number of pyridine rings is 1. The van der Waals surface area contributed by atoms with Crippen LogP contribution in [-0.2, 0) is 4.74 Å². The summed E-state index contributed by atoms with van der Waals surface area (Å²) in [5.41, 5.74) is 0.258. The van der Waals surface area contributed by atoms with E-state index in [-0.39, 0.29) is 0 Å². The number of amides is 1. The van der Waals surface area contributed by atoms with Crippen molar-refractivity contribution in [3.8, 4) is 10.4 Å².